The number of benzene rings is 1. The number of hydrogen-bond acceptors (Lipinski definition) is 3. The molecule has 0 aliphatic rings. The van der Waals surface area contributed by atoms with Crippen LogP contribution in [-0.4, -0.2) is 26.3 Å². The van der Waals surface area contributed by atoms with E-state index in [0.717, 1.165) is 37.3 Å². The van der Waals surface area contributed by atoms with Crippen molar-refractivity contribution in [3.8, 4) is 5.75 Å². The molecule has 3 heteroatoms. The molecule has 1 rings (SSSR count). The Balaban J connectivity index is 2.06. The van der Waals surface area contributed by atoms with Crippen LogP contribution >= 0.6 is 0 Å². The Morgan fingerprint density at radius 2 is 2.06 bits per heavy atom. The summed E-state index contributed by atoms with van der Waals surface area (Å²) in [5, 5.41) is 3.40. The largest absolute Gasteiger partial charge is 0.497 e. The summed E-state index contributed by atoms with van der Waals surface area (Å²) in [7, 11) is 1.68. The van der Waals surface area contributed by atoms with Crippen molar-refractivity contribution < 1.29 is 9.47 Å². The molecule has 0 fully saturated rings. The maximum absolute atomic E-state index is 5.64. The zero-order chi connectivity index (χ0) is 13.2. The van der Waals surface area contributed by atoms with Gasteiger partial charge in [0.05, 0.1) is 13.7 Å². The second-order valence-electron chi connectivity index (χ2n) is 4.72. The standard InChI is InChI=1S/C15H25NO2/c1-13(2)16-9-4-5-10-18-12-14-7-6-8-15(11-14)17-3/h6-8,11,13,16H,4-5,9-10,12H2,1-3H3. The zero-order valence-electron chi connectivity index (χ0n) is 11.7. The summed E-state index contributed by atoms with van der Waals surface area (Å²) in [5.41, 5.74) is 1.16. The second-order valence-corrected chi connectivity index (χ2v) is 4.72. The molecule has 1 aromatic rings. The van der Waals surface area contributed by atoms with Crippen molar-refractivity contribution in [3.05, 3.63) is 29.8 Å². The van der Waals surface area contributed by atoms with E-state index in [1.165, 1.54) is 0 Å². The third-order valence-corrected chi connectivity index (χ3v) is 2.67. The molecule has 0 radical (unpaired) electrons. The number of rotatable bonds is 9. The summed E-state index contributed by atoms with van der Waals surface area (Å²) in [6, 6.07) is 8.58. The van der Waals surface area contributed by atoms with E-state index in [1.807, 2.05) is 18.2 Å². The van der Waals surface area contributed by atoms with Gasteiger partial charge < -0.3 is 14.8 Å². The Kier molecular flexibility index (Phi) is 7.46. The Morgan fingerprint density at radius 1 is 1.22 bits per heavy atom. The van der Waals surface area contributed by atoms with E-state index in [-0.39, 0.29) is 0 Å². The van der Waals surface area contributed by atoms with Gasteiger partial charge >= 0.3 is 0 Å². The Morgan fingerprint density at radius 3 is 2.78 bits per heavy atom. The highest BCUT2D eigenvalue weighted by molar-refractivity contribution is 5.27. The molecular formula is C15H25NO2. The van der Waals surface area contributed by atoms with E-state index in [2.05, 4.69) is 25.2 Å². The van der Waals surface area contributed by atoms with Crippen LogP contribution in [0.5, 0.6) is 5.75 Å². The van der Waals surface area contributed by atoms with Crippen molar-refractivity contribution in [1.82, 2.24) is 5.32 Å². The quantitative estimate of drug-likeness (QED) is 0.684. The molecule has 0 atom stereocenters. The minimum atomic E-state index is 0.572. The predicted molar refractivity (Wildman–Crippen MR) is 75.0 cm³/mol. The van der Waals surface area contributed by atoms with Gasteiger partial charge in [-0.05, 0) is 37.1 Å². The van der Waals surface area contributed by atoms with E-state index < -0.39 is 0 Å². The van der Waals surface area contributed by atoms with Crippen molar-refractivity contribution >= 4 is 0 Å². The summed E-state index contributed by atoms with van der Waals surface area (Å²) >= 11 is 0. The molecule has 0 saturated heterocycles. The Labute approximate surface area is 110 Å². The molecule has 0 aliphatic heterocycles. The highest BCUT2D eigenvalue weighted by Gasteiger charge is 1.97. The SMILES string of the molecule is COc1cccc(COCCCCNC(C)C)c1. The first-order valence-corrected chi connectivity index (χ1v) is 6.66. The van der Waals surface area contributed by atoms with Crippen molar-refractivity contribution in [1.29, 1.82) is 0 Å². The average molecular weight is 251 g/mol. The third-order valence-electron chi connectivity index (χ3n) is 2.67. The number of methoxy groups -OCH3 is 1. The lowest BCUT2D eigenvalue weighted by molar-refractivity contribution is 0.117. The molecule has 0 spiro atoms. The van der Waals surface area contributed by atoms with Crippen LogP contribution in [0.4, 0.5) is 0 Å². The number of hydrogen-bond donors (Lipinski definition) is 1. The molecule has 1 aromatic carbocycles. The first kappa shape index (κ1) is 15.0. The Hall–Kier alpha value is -1.06. The molecule has 0 amide bonds. The van der Waals surface area contributed by atoms with E-state index in [9.17, 15) is 0 Å². The fraction of sp³-hybridized carbons (Fsp3) is 0.600. The molecule has 0 aliphatic carbocycles. The van der Waals surface area contributed by atoms with Crippen LogP contribution in [0.3, 0.4) is 0 Å². The van der Waals surface area contributed by atoms with Crippen molar-refractivity contribution in [2.45, 2.75) is 39.3 Å². The van der Waals surface area contributed by atoms with Crippen LogP contribution in [-0.2, 0) is 11.3 Å². The molecule has 0 aromatic heterocycles. The highest BCUT2D eigenvalue weighted by Crippen LogP contribution is 2.13. The van der Waals surface area contributed by atoms with E-state index in [4.69, 9.17) is 9.47 Å². The summed E-state index contributed by atoms with van der Waals surface area (Å²) < 4.78 is 10.8. The van der Waals surface area contributed by atoms with Crippen molar-refractivity contribution in [2.24, 2.45) is 0 Å². The van der Waals surface area contributed by atoms with Gasteiger partial charge in [-0.3, -0.25) is 0 Å². The third kappa shape index (κ3) is 6.62. The van der Waals surface area contributed by atoms with Gasteiger partial charge in [-0.25, -0.2) is 0 Å². The van der Waals surface area contributed by atoms with Crippen LogP contribution in [0.2, 0.25) is 0 Å². The number of ether oxygens (including phenoxy) is 2. The minimum absolute atomic E-state index is 0.572. The molecule has 0 saturated carbocycles. The van der Waals surface area contributed by atoms with Gasteiger partial charge in [0, 0.05) is 12.6 Å². The lowest BCUT2D eigenvalue weighted by Crippen LogP contribution is -2.23. The minimum Gasteiger partial charge on any atom is -0.497 e. The molecule has 0 unspecified atom stereocenters. The number of unbranched alkanes of at least 4 members (excludes halogenated alkanes) is 1. The van der Waals surface area contributed by atoms with Crippen LogP contribution in [0, 0.1) is 0 Å². The van der Waals surface area contributed by atoms with Gasteiger partial charge in [-0.2, -0.15) is 0 Å². The van der Waals surface area contributed by atoms with Gasteiger partial charge in [0.25, 0.3) is 0 Å². The zero-order valence-corrected chi connectivity index (χ0v) is 11.7. The first-order valence-electron chi connectivity index (χ1n) is 6.66. The second kappa shape index (κ2) is 8.95. The van der Waals surface area contributed by atoms with Gasteiger partial charge in [0.1, 0.15) is 5.75 Å². The fourth-order valence-electron chi connectivity index (χ4n) is 1.67. The Bertz CT molecular complexity index is 326. The molecule has 102 valence electrons. The van der Waals surface area contributed by atoms with Crippen LogP contribution in [0.15, 0.2) is 24.3 Å². The van der Waals surface area contributed by atoms with Crippen molar-refractivity contribution in [2.75, 3.05) is 20.3 Å². The smallest absolute Gasteiger partial charge is 0.119 e. The molecule has 3 nitrogen and oxygen atoms in total. The fourth-order valence-corrected chi connectivity index (χ4v) is 1.67. The van der Waals surface area contributed by atoms with Crippen LogP contribution < -0.4 is 10.1 Å². The average Bonchev–Trinajstić information content (AvgIpc) is 2.37. The van der Waals surface area contributed by atoms with Gasteiger partial charge in [0.15, 0.2) is 0 Å². The maximum Gasteiger partial charge on any atom is 0.119 e. The monoisotopic (exact) mass is 251 g/mol. The van der Waals surface area contributed by atoms with Crippen molar-refractivity contribution in [3.63, 3.8) is 0 Å². The molecule has 1 N–H and O–H groups in total. The molecule has 0 bridgehead atoms. The summed E-state index contributed by atoms with van der Waals surface area (Å²) in [4.78, 5) is 0. The van der Waals surface area contributed by atoms with E-state index >= 15 is 0 Å². The van der Waals surface area contributed by atoms with Gasteiger partial charge in [-0.1, -0.05) is 26.0 Å². The van der Waals surface area contributed by atoms with Gasteiger partial charge in [0.2, 0.25) is 0 Å². The number of nitrogens with one attached hydrogen (secondary N) is 1. The van der Waals surface area contributed by atoms with Crippen LogP contribution in [0.25, 0.3) is 0 Å². The maximum atomic E-state index is 5.64. The summed E-state index contributed by atoms with van der Waals surface area (Å²) in [5.74, 6) is 0.886. The lowest BCUT2D eigenvalue weighted by atomic mass is 10.2. The van der Waals surface area contributed by atoms with Crippen LogP contribution in [0.1, 0.15) is 32.3 Å². The summed E-state index contributed by atoms with van der Waals surface area (Å²) in [6.45, 7) is 6.88. The highest BCUT2D eigenvalue weighted by atomic mass is 16.5. The molecule has 0 heterocycles. The summed E-state index contributed by atoms with van der Waals surface area (Å²) in [6.07, 6.45) is 2.26. The predicted octanol–water partition coefficient (Wildman–Crippen LogP) is 2.99. The van der Waals surface area contributed by atoms with E-state index in [1.54, 1.807) is 7.11 Å². The topological polar surface area (TPSA) is 30.5 Å². The molecule has 18 heavy (non-hydrogen) atoms. The van der Waals surface area contributed by atoms with E-state index in [0.29, 0.717) is 12.6 Å². The molecular weight excluding hydrogens is 226 g/mol. The lowest BCUT2D eigenvalue weighted by Gasteiger charge is -2.08. The first-order chi connectivity index (χ1) is 8.72. The van der Waals surface area contributed by atoms with Gasteiger partial charge in [-0.15, -0.1) is 0 Å². The normalized spacial score (nSPS) is 10.9.